The first-order valence-corrected chi connectivity index (χ1v) is 16.4. The number of hydrogen-bond acceptors (Lipinski definition) is 4. The van der Waals surface area contributed by atoms with Gasteiger partial charge in [-0.05, 0) is 0 Å². The number of hydrogen-bond donors (Lipinski definition) is 1. The van der Waals surface area contributed by atoms with Crippen LogP contribution in [0.25, 0.3) is 21.7 Å². The van der Waals surface area contributed by atoms with Crippen LogP contribution in [0.2, 0.25) is 5.02 Å². The van der Waals surface area contributed by atoms with Crippen molar-refractivity contribution in [1.82, 2.24) is 4.98 Å². The first kappa shape index (κ1) is 30.0. The van der Waals surface area contributed by atoms with Gasteiger partial charge < -0.3 is 0 Å². The second-order valence-corrected chi connectivity index (χ2v) is 14.2. The van der Waals surface area contributed by atoms with Gasteiger partial charge in [-0.3, -0.25) is 0 Å². The SMILES string of the molecule is Cc1ccc(-c2nc(C)c(C(Cc3ccc(-c4ccc(F)c(Cl)c4)cc3)[Se]c3ccc(OCC(=O)O)c(C)c3)s2)cc1. The van der Waals surface area contributed by atoms with Crippen molar-refractivity contribution in [3.05, 3.63) is 123 Å². The standard InChI is InChI=1S/C34H29ClFNO3SSe/c1-20-4-8-25(9-5-20)34-37-22(3)33(41-34)31(42-27-13-15-30(21(2)16-27)40-19-32(38)39)17-23-6-10-24(11-7-23)26-12-14-29(36)28(35)18-26/h4-16,18,31H,17,19H2,1-3H3,(H,38,39). The molecule has 1 heterocycles. The zero-order valence-electron chi connectivity index (χ0n) is 23.4. The van der Waals surface area contributed by atoms with Gasteiger partial charge >= 0.3 is 261 Å². The summed E-state index contributed by atoms with van der Waals surface area (Å²) in [4.78, 5) is 17.4. The van der Waals surface area contributed by atoms with Gasteiger partial charge in [0.2, 0.25) is 0 Å². The van der Waals surface area contributed by atoms with E-state index in [1.54, 1.807) is 23.5 Å². The van der Waals surface area contributed by atoms with E-state index in [4.69, 9.17) is 26.4 Å². The molecule has 4 nitrogen and oxygen atoms in total. The molecule has 0 fully saturated rings. The van der Waals surface area contributed by atoms with Gasteiger partial charge in [-0.1, -0.05) is 0 Å². The van der Waals surface area contributed by atoms with Crippen molar-refractivity contribution in [3.8, 4) is 27.4 Å². The van der Waals surface area contributed by atoms with Crippen LogP contribution < -0.4 is 9.20 Å². The van der Waals surface area contributed by atoms with Crippen molar-refractivity contribution < 1.29 is 19.0 Å². The average Bonchev–Trinajstić information content (AvgIpc) is 3.36. The summed E-state index contributed by atoms with van der Waals surface area (Å²) in [5, 5.41) is 10.1. The van der Waals surface area contributed by atoms with Gasteiger partial charge in [-0.25, -0.2) is 0 Å². The van der Waals surface area contributed by atoms with Gasteiger partial charge in [0.05, 0.1) is 0 Å². The van der Waals surface area contributed by atoms with Crippen LogP contribution in [0, 0.1) is 26.6 Å². The Morgan fingerprint density at radius 3 is 2.31 bits per heavy atom. The van der Waals surface area contributed by atoms with E-state index in [0.717, 1.165) is 39.4 Å². The Bertz CT molecular complexity index is 1720. The van der Waals surface area contributed by atoms with Crippen LogP contribution in [-0.2, 0) is 11.2 Å². The number of halogens is 2. The normalized spacial score (nSPS) is 11.8. The molecule has 0 aliphatic carbocycles. The molecule has 8 heteroatoms. The molecule has 42 heavy (non-hydrogen) atoms. The van der Waals surface area contributed by atoms with Gasteiger partial charge in [-0.15, -0.1) is 0 Å². The number of rotatable bonds is 10. The molecule has 5 aromatic rings. The minimum atomic E-state index is -0.999. The molecule has 0 saturated carbocycles. The van der Waals surface area contributed by atoms with Gasteiger partial charge in [0.1, 0.15) is 0 Å². The number of aromatic nitrogens is 1. The van der Waals surface area contributed by atoms with E-state index in [9.17, 15) is 9.18 Å². The van der Waals surface area contributed by atoms with Crippen LogP contribution in [0.5, 0.6) is 5.75 Å². The first-order chi connectivity index (χ1) is 20.2. The summed E-state index contributed by atoms with van der Waals surface area (Å²) in [6.45, 7) is 5.74. The number of aryl methyl sites for hydroxylation is 3. The molecule has 5 rings (SSSR count). The second kappa shape index (κ2) is 13.2. The molecule has 0 saturated heterocycles. The van der Waals surface area contributed by atoms with Crippen molar-refractivity contribution in [2.45, 2.75) is 32.0 Å². The third kappa shape index (κ3) is 7.29. The number of aliphatic carboxylic acids is 1. The summed E-state index contributed by atoms with van der Waals surface area (Å²) in [5.41, 5.74) is 7.33. The molecule has 0 amide bonds. The Morgan fingerprint density at radius 2 is 1.64 bits per heavy atom. The molecule has 1 unspecified atom stereocenters. The molecule has 0 spiro atoms. The van der Waals surface area contributed by atoms with E-state index in [1.165, 1.54) is 26.5 Å². The number of ether oxygens (including phenoxy) is 1. The molecule has 1 atom stereocenters. The molecule has 0 aliphatic rings. The van der Waals surface area contributed by atoms with Crippen molar-refractivity contribution in [2.24, 2.45) is 0 Å². The van der Waals surface area contributed by atoms with Gasteiger partial charge in [0.25, 0.3) is 0 Å². The fourth-order valence-electron chi connectivity index (χ4n) is 4.60. The summed E-state index contributed by atoms with van der Waals surface area (Å²) >= 11 is 7.83. The van der Waals surface area contributed by atoms with Crippen molar-refractivity contribution in [1.29, 1.82) is 0 Å². The maximum atomic E-state index is 13.7. The van der Waals surface area contributed by atoms with E-state index in [1.807, 2.05) is 19.1 Å². The number of carbonyl (C=O) groups is 1. The van der Waals surface area contributed by atoms with Gasteiger partial charge in [0, 0.05) is 0 Å². The Hall–Kier alpha value is -3.48. The summed E-state index contributed by atoms with van der Waals surface area (Å²) < 4.78 is 20.3. The molecule has 4 aromatic carbocycles. The Labute approximate surface area is 260 Å². The van der Waals surface area contributed by atoms with E-state index in [-0.39, 0.29) is 31.4 Å². The van der Waals surface area contributed by atoms with Crippen LogP contribution in [0.3, 0.4) is 0 Å². The Morgan fingerprint density at radius 1 is 0.952 bits per heavy atom. The molecule has 0 aliphatic heterocycles. The van der Waals surface area contributed by atoms with Crippen molar-refractivity contribution >= 4 is 48.3 Å². The topological polar surface area (TPSA) is 59.4 Å². The van der Waals surface area contributed by atoms with Crippen LogP contribution in [0.4, 0.5) is 4.39 Å². The van der Waals surface area contributed by atoms with Crippen LogP contribution in [0.15, 0.2) is 84.9 Å². The van der Waals surface area contributed by atoms with E-state index >= 15 is 0 Å². The maximum absolute atomic E-state index is 13.7. The molecule has 0 radical (unpaired) electrons. The quantitative estimate of drug-likeness (QED) is 0.154. The third-order valence-corrected chi connectivity index (χ3v) is 11.3. The molecular weight excluding hydrogens is 636 g/mol. The summed E-state index contributed by atoms with van der Waals surface area (Å²) in [5.74, 6) is -0.842. The molecule has 214 valence electrons. The molecule has 1 N–H and O–H groups in total. The second-order valence-electron chi connectivity index (χ2n) is 10.1. The van der Waals surface area contributed by atoms with Crippen molar-refractivity contribution in [2.75, 3.05) is 6.61 Å². The minimum absolute atomic E-state index is 0.0566. The number of benzene rings is 4. The number of carboxylic acids is 1. The van der Waals surface area contributed by atoms with Gasteiger partial charge in [0.15, 0.2) is 0 Å². The van der Waals surface area contributed by atoms with E-state index in [0.29, 0.717) is 5.75 Å². The predicted molar refractivity (Wildman–Crippen MR) is 170 cm³/mol. The van der Waals surface area contributed by atoms with Crippen LogP contribution in [-0.4, -0.2) is 37.6 Å². The summed E-state index contributed by atoms with van der Waals surface area (Å²) in [6.07, 6.45) is 0.830. The summed E-state index contributed by atoms with van der Waals surface area (Å²) in [6, 6.07) is 27.6. The first-order valence-electron chi connectivity index (χ1n) is 13.4. The third-order valence-electron chi connectivity index (χ3n) is 6.83. The molecular formula is C34H29ClFNO3SSe. The average molecular weight is 665 g/mol. The van der Waals surface area contributed by atoms with Crippen LogP contribution >= 0.6 is 22.9 Å². The van der Waals surface area contributed by atoms with Crippen LogP contribution in [0.1, 0.15) is 32.1 Å². The number of carboxylic acid groups (broad SMARTS) is 1. The fourth-order valence-corrected chi connectivity index (χ4v) is 9.06. The monoisotopic (exact) mass is 665 g/mol. The van der Waals surface area contributed by atoms with E-state index in [2.05, 4.69) is 68.4 Å². The summed E-state index contributed by atoms with van der Waals surface area (Å²) in [7, 11) is 0. The van der Waals surface area contributed by atoms with E-state index < -0.39 is 11.8 Å². The zero-order chi connectivity index (χ0) is 29.8. The number of thiazole rings is 1. The Kier molecular flexibility index (Phi) is 9.44. The van der Waals surface area contributed by atoms with Crippen molar-refractivity contribution in [3.63, 3.8) is 0 Å². The Balaban J connectivity index is 1.44. The van der Waals surface area contributed by atoms with Gasteiger partial charge in [-0.2, -0.15) is 0 Å². The fraction of sp³-hybridized carbons (Fsp3) is 0.176. The number of nitrogens with zero attached hydrogens (tertiary/aromatic N) is 1. The molecule has 0 bridgehead atoms. The zero-order valence-corrected chi connectivity index (χ0v) is 26.6. The predicted octanol–water partition coefficient (Wildman–Crippen LogP) is 7.97. The molecule has 1 aromatic heterocycles.